The Morgan fingerprint density at radius 1 is 1.43 bits per heavy atom. The molecular weight excluding hydrogens is 359 g/mol. The number of nitrogens with zero attached hydrogens (tertiary/aromatic N) is 1. The molecule has 0 saturated heterocycles. The molecule has 5 nitrogen and oxygen atoms in total. The Kier molecular flexibility index (Phi) is 6.38. The van der Waals surface area contributed by atoms with Crippen LogP contribution in [0.2, 0.25) is 5.02 Å². The molecule has 132 valence electrons. The zero-order chi connectivity index (χ0) is 16.7. The second-order valence-electron chi connectivity index (χ2n) is 6.66. The number of nitrogens with two attached hydrogens (primary N) is 1. The van der Waals surface area contributed by atoms with Crippen LogP contribution in [0.1, 0.15) is 26.3 Å². The third-order valence-electron chi connectivity index (χ3n) is 3.83. The Morgan fingerprint density at radius 3 is 2.61 bits per heavy atom. The highest BCUT2D eigenvalue weighted by molar-refractivity contribution is 7.89. The molecule has 1 aliphatic heterocycles. The maximum absolute atomic E-state index is 12.7. The van der Waals surface area contributed by atoms with E-state index < -0.39 is 10.0 Å². The molecule has 8 heteroatoms. The van der Waals surface area contributed by atoms with Gasteiger partial charge in [0, 0.05) is 25.6 Å². The van der Waals surface area contributed by atoms with Crippen LogP contribution in [0.3, 0.4) is 0 Å². The lowest BCUT2D eigenvalue weighted by Crippen LogP contribution is -2.39. The van der Waals surface area contributed by atoms with Crippen LogP contribution in [-0.2, 0) is 16.4 Å². The first-order valence-corrected chi connectivity index (χ1v) is 9.04. The minimum Gasteiger partial charge on any atom is -0.489 e. The average molecular weight is 383 g/mol. The number of fused-ring (bicyclic) bond motifs is 1. The average Bonchev–Trinajstić information content (AvgIpc) is 2.79. The molecule has 23 heavy (non-hydrogen) atoms. The summed E-state index contributed by atoms with van der Waals surface area (Å²) in [6.45, 7) is 6.55. The van der Waals surface area contributed by atoms with Crippen LogP contribution in [0.5, 0.6) is 5.75 Å². The maximum Gasteiger partial charge on any atom is 0.242 e. The fourth-order valence-corrected chi connectivity index (χ4v) is 4.33. The molecule has 0 aromatic heterocycles. The molecule has 1 atom stereocenters. The standard InChI is InChI=1S/C15H23ClN2O3S.ClH/c1-10-5-11-6-12(7-13(16)14(11)21-10)22(19,20)18(4)9-15(2,3)8-17;/h6-7,10H,5,8-9,17H2,1-4H3;1H. The summed E-state index contributed by atoms with van der Waals surface area (Å²) in [5, 5.41) is 0.340. The van der Waals surface area contributed by atoms with E-state index in [0.29, 0.717) is 30.3 Å². The van der Waals surface area contributed by atoms with Crippen LogP contribution in [0.4, 0.5) is 0 Å². The van der Waals surface area contributed by atoms with Crippen LogP contribution in [-0.4, -0.2) is 39.0 Å². The fourth-order valence-electron chi connectivity index (χ4n) is 2.54. The molecule has 0 saturated carbocycles. The largest absolute Gasteiger partial charge is 0.489 e. The van der Waals surface area contributed by atoms with E-state index in [9.17, 15) is 8.42 Å². The monoisotopic (exact) mass is 382 g/mol. The summed E-state index contributed by atoms with van der Waals surface area (Å²) in [6.07, 6.45) is 0.676. The molecule has 1 heterocycles. The van der Waals surface area contributed by atoms with Gasteiger partial charge >= 0.3 is 0 Å². The van der Waals surface area contributed by atoms with Gasteiger partial charge in [-0.15, -0.1) is 12.4 Å². The zero-order valence-electron chi connectivity index (χ0n) is 13.8. The molecule has 1 aliphatic rings. The van der Waals surface area contributed by atoms with E-state index in [1.165, 1.54) is 10.4 Å². The van der Waals surface area contributed by atoms with Gasteiger partial charge in [0.2, 0.25) is 10.0 Å². The highest BCUT2D eigenvalue weighted by Gasteiger charge is 2.30. The summed E-state index contributed by atoms with van der Waals surface area (Å²) in [4.78, 5) is 0.198. The second-order valence-corrected chi connectivity index (χ2v) is 9.11. The second kappa shape index (κ2) is 7.15. The summed E-state index contributed by atoms with van der Waals surface area (Å²) >= 11 is 6.18. The first kappa shape index (κ1) is 20.5. The van der Waals surface area contributed by atoms with Gasteiger partial charge in [-0.25, -0.2) is 12.7 Å². The van der Waals surface area contributed by atoms with Crippen molar-refractivity contribution in [3.8, 4) is 5.75 Å². The topological polar surface area (TPSA) is 72.6 Å². The van der Waals surface area contributed by atoms with Crippen molar-refractivity contribution in [3.05, 3.63) is 22.7 Å². The summed E-state index contributed by atoms with van der Waals surface area (Å²) in [6, 6.07) is 3.12. The smallest absolute Gasteiger partial charge is 0.242 e. The van der Waals surface area contributed by atoms with E-state index in [4.69, 9.17) is 22.1 Å². The van der Waals surface area contributed by atoms with E-state index in [-0.39, 0.29) is 28.8 Å². The number of hydrogen-bond donors (Lipinski definition) is 1. The Balaban J connectivity index is 0.00000264. The summed E-state index contributed by atoms with van der Waals surface area (Å²) in [7, 11) is -2.04. The third-order valence-corrected chi connectivity index (χ3v) is 5.89. The first-order valence-electron chi connectivity index (χ1n) is 7.22. The van der Waals surface area contributed by atoms with Gasteiger partial charge in [-0.2, -0.15) is 0 Å². The lowest BCUT2D eigenvalue weighted by molar-refractivity contribution is 0.255. The number of ether oxygens (including phenoxy) is 1. The van der Waals surface area contributed by atoms with Crippen molar-refractivity contribution in [2.45, 2.75) is 38.2 Å². The molecule has 0 fully saturated rings. The molecule has 2 N–H and O–H groups in total. The van der Waals surface area contributed by atoms with Gasteiger partial charge in [0.25, 0.3) is 0 Å². The van der Waals surface area contributed by atoms with Gasteiger partial charge in [-0.05, 0) is 31.0 Å². The molecule has 1 aromatic carbocycles. The summed E-state index contributed by atoms with van der Waals surface area (Å²) < 4.78 is 32.4. The minimum absolute atomic E-state index is 0. The normalized spacial score (nSPS) is 17.6. The number of rotatable bonds is 5. The van der Waals surface area contributed by atoms with Crippen molar-refractivity contribution in [1.29, 1.82) is 0 Å². The molecule has 0 amide bonds. The maximum atomic E-state index is 12.7. The molecule has 0 bridgehead atoms. The highest BCUT2D eigenvalue weighted by Crippen LogP contribution is 2.38. The zero-order valence-corrected chi connectivity index (χ0v) is 16.2. The van der Waals surface area contributed by atoms with Gasteiger partial charge in [-0.1, -0.05) is 25.4 Å². The van der Waals surface area contributed by atoms with Crippen molar-refractivity contribution in [1.82, 2.24) is 4.31 Å². The quantitative estimate of drug-likeness (QED) is 0.849. The fraction of sp³-hybridized carbons (Fsp3) is 0.600. The van der Waals surface area contributed by atoms with Crippen molar-refractivity contribution in [2.75, 3.05) is 20.1 Å². The SMILES string of the molecule is CC1Cc2cc(S(=O)(=O)N(C)CC(C)(C)CN)cc(Cl)c2O1.Cl. The number of halogens is 2. The Morgan fingerprint density at radius 2 is 2.04 bits per heavy atom. The molecular formula is C15H24Cl2N2O3S. The Hall–Kier alpha value is -0.530. The predicted octanol–water partition coefficient (Wildman–Crippen LogP) is 2.69. The van der Waals surface area contributed by atoms with Crippen LogP contribution in [0.25, 0.3) is 0 Å². The number of hydrogen-bond acceptors (Lipinski definition) is 4. The molecule has 2 rings (SSSR count). The predicted molar refractivity (Wildman–Crippen MR) is 95.1 cm³/mol. The molecule has 1 aromatic rings. The van der Waals surface area contributed by atoms with Gasteiger partial charge < -0.3 is 10.5 Å². The molecule has 0 spiro atoms. The molecule has 1 unspecified atom stereocenters. The van der Waals surface area contributed by atoms with Crippen LogP contribution in [0, 0.1) is 5.41 Å². The number of benzene rings is 1. The third kappa shape index (κ3) is 4.31. The van der Waals surface area contributed by atoms with E-state index in [0.717, 1.165) is 5.56 Å². The summed E-state index contributed by atoms with van der Waals surface area (Å²) in [5.74, 6) is 0.595. The van der Waals surface area contributed by atoms with E-state index in [1.807, 2.05) is 20.8 Å². The van der Waals surface area contributed by atoms with Crippen molar-refractivity contribution in [3.63, 3.8) is 0 Å². The van der Waals surface area contributed by atoms with E-state index in [2.05, 4.69) is 0 Å². The van der Waals surface area contributed by atoms with Crippen molar-refractivity contribution >= 4 is 34.0 Å². The lowest BCUT2D eigenvalue weighted by Gasteiger charge is -2.28. The van der Waals surface area contributed by atoms with Gasteiger partial charge in [0.05, 0.1) is 9.92 Å². The first-order chi connectivity index (χ1) is 10.1. The minimum atomic E-state index is -3.61. The molecule has 0 aliphatic carbocycles. The highest BCUT2D eigenvalue weighted by atomic mass is 35.5. The van der Waals surface area contributed by atoms with Gasteiger partial charge in [-0.3, -0.25) is 0 Å². The van der Waals surface area contributed by atoms with Crippen LogP contribution >= 0.6 is 24.0 Å². The van der Waals surface area contributed by atoms with Crippen molar-refractivity contribution < 1.29 is 13.2 Å². The Bertz CT molecular complexity index is 678. The van der Waals surface area contributed by atoms with Crippen LogP contribution in [0.15, 0.2) is 17.0 Å². The lowest BCUT2D eigenvalue weighted by atomic mass is 9.94. The number of sulfonamides is 1. The van der Waals surface area contributed by atoms with Crippen LogP contribution < -0.4 is 10.5 Å². The Labute approximate surface area is 149 Å². The van der Waals surface area contributed by atoms with Gasteiger partial charge in [0.1, 0.15) is 11.9 Å². The summed E-state index contributed by atoms with van der Waals surface area (Å²) in [5.41, 5.74) is 6.24. The van der Waals surface area contributed by atoms with Crippen molar-refractivity contribution in [2.24, 2.45) is 11.1 Å². The van der Waals surface area contributed by atoms with Gasteiger partial charge in [0.15, 0.2) is 0 Å². The van der Waals surface area contributed by atoms with E-state index >= 15 is 0 Å². The van der Waals surface area contributed by atoms with E-state index in [1.54, 1.807) is 13.1 Å². The molecule has 0 radical (unpaired) electrons.